The molecule has 0 fully saturated rings. The quantitative estimate of drug-likeness (QED) is 0.774. The van der Waals surface area contributed by atoms with Gasteiger partial charge < -0.3 is 9.47 Å². The van der Waals surface area contributed by atoms with Crippen molar-refractivity contribution in [1.29, 1.82) is 0 Å². The molecule has 8 nitrogen and oxygen atoms in total. The fourth-order valence-electron chi connectivity index (χ4n) is 2.54. The highest BCUT2D eigenvalue weighted by atomic mass is 16.2. The topological polar surface area (TPSA) is 88.3 Å². The highest BCUT2D eigenvalue weighted by Crippen LogP contribution is 2.15. The average Bonchev–Trinajstić information content (AvgIpc) is 3.13. The first-order valence-corrected chi connectivity index (χ1v) is 7.29. The molecule has 0 atom stereocenters. The number of carbonyl (C=O) groups is 1. The standard InChI is InChI=1S/C15H18N6O2/c1-5-10-9(2)18-13-12(6-17-21(13)14(10)22)20-7-11(16-8-20)15(23)19(3)4/h6-8,17H,5H2,1-4H3. The Bertz CT molecular complexity index is 947. The van der Waals surface area contributed by atoms with Gasteiger partial charge in [-0.1, -0.05) is 6.92 Å². The Balaban J connectivity index is 2.15. The number of rotatable bonds is 3. The largest absolute Gasteiger partial charge is 0.343 e. The molecule has 3 aromatic heterocycles. The summed E-state index contributed by atoms with van der Waals surface area (Å²) in [5, 5.41) is 2.92. The molecule has 8 heteroatoms. The molecule has 1 N–H and O–H groups in total. The summed E-state index contributed by atoms with van der Waals surface area (Å²) in [6.07, 6.45) is 5.46. The fraction of sp³-hybridized carbons (Fsp3) is 0.333. The number of imidazole rings is 1. The van der Waals surface area contributed by atoms with Crippen molar-refractivity contribution in [2.75, 3.05) is 14.1 Å². The van der Waals surface area contributed by atoms with Crippen LogP contribution in [0.4, 0.5) is 0 Å². The van der Waals surface area contributed by atoms with Crippen LogP contribution in [0.15, 0.2) is 23.5 Å². The van der Waals surface area contributed by atoms with Crippen LogP contribution in [0.1, 0.15) is 28.7 Å². The lowest BCUT2D eigenvalue weighted by molar-refractivity contribution is 0.0822. The van der Waals surface area contributed by atoms with Crippen molar-refractivity contribution in [2.24, 2.45) is 0 Å². The van der Waals surface area contributed by atoms with Gasteiger partial charge in [0.1, 0.15) is 17.7 Å². The molecule has 1 amide bonds. The molecule has 3 rings (SSSR count). The Morgan fingerprint density at radius 1 is 1.39 bits per heavy atom. The van der Waals surface area contributed by atoms with Crippen molar-refractivity contribution >= 4 is 11.6 Å². The lowest BCUT2D eigenvalue weighted by Gasteiger charge is -2.06. The molecule has 0 aliphatic rings. The Morgan fingerprint density at radius 3 is 2.78 bits per heavy atom. The number of nitrogens with one attached hydrogen (secondary N) is 1. The van der Waals surface area contributed by atoms with Gasteiger partial charge in [0.25, 0.3) is 11.5 Å². The first-order chi connectivity index (χ1) is 10.9. The second-order valence-corrected chi connectivity index (χ2v) is 5.52. The number of H-pyrrole nitrogens is 1. The van der Waals surface area contributed by atoms with Crippen molar-refractivity contribution in [1.82, 2.24) is 29.0 Å². The van der Waals surface area contributed by atoms with Crippen LogP contribution in [-0.4, -0.2) is 49.1 Å². The van der Waals surface area contributed by atoms with Gasteiger partial charge >= 0.3 is 0 Å². The fourth-order valence-corrected chi connectivity index (χ4v) is 2.54. The van der Waals surface area contributed by atoms with E-state index in [2.05, 4.69) is 15.1 Å². The van der Waals surface area contributed by atoms with Crippen molar-refractivity contribution in [2.45, 2.75) is 20.3 Å². The first-order valence-electron chi connectivity index (χ1n) is 7.29. The normalized spacial score (nSPS) is 11.1. The Morgan fingerprint density at radius 2 is 2.13 bits per heavy atom. The molecule has 0 spiro atoms. The van der Waals surface area contributed by atoms with Gasteiger partial charge in [-0.3, -0.25) is 14.7 Å². The third-order valence-electron chi connectivity index (χ3n) is 3.78. The van der Waals surface area contributed by atoms with E-state index in [-0.39, 0.29) is 11.5 Å². The number of hydrogen-bond donors (Lipinski definition) is 1. The summed E-state index contributed by atoms with van der Waals surface area (Å²) in [6.45, 7) is 3.75. The van der Waals surface area contributed by atoms with Gasteiger partial charge in [0.15, 0.2) is 5.65 Å². The number of aromatic nitrogens is 5. The SMILES string of the molecule is CCc1c(C)nc2c(-n3cnc(C(=O)N(C)C)c3)c[nH]n2c1=O. The second kappa shape index (κ2) is 5.38. The molecule has 0 saturated carbocycles. The number of carbonyl (C=O) groups excluding carboxylic acids is 1. The predicted molar refractivity (Wildman–Crippen MR) is 85.1 cm³/mol. The maximum Gasteiger partial charge on any atom is 0.276 e. The molecule has 0 radical (unpaired) electrons. The zero-order chi connectivity index (χ0) is 16.7. The smallest absolute Gasteiger partial charge is 0.276 e. The number of fused-ring (bicyclic) bond motifs is 1. The molecular weight excluding hydrogens is 296 g/mol. The third kappa shape index (κ3) is 2.32. The maximum absolute atomic E-state index is 12.4. The van der Waals surface area contributed by atoms with E-state index in [1.165, 1.54) is 15.7 Å². The van der Waals surface area contributed by atoms with E-state index in [4.69, 9.17) is 0 Å². The molecule has 3 aromatic rings. The molecule has 0 aliphatic carbocycles. The molecule has 0 bridgehead atoms. The minimum absolute atomic E-state index is 0.106. The molecular formula is C15H18N6O2. The van der Waals surface area contributed by atoms with Crippen LogP contribution >= 0.6 is 0 Å². The van der Waals surface area contributed by atoms with Crippen molar-refractivity contribution < 1.29 is 4.79 Å². The third-order valence-corrected chi connectivity index (χ3v) is 3.78. The summed E-state index contributed by atoms with van der Waals surface area (Å²) < 4.78 is 3.09. The second-order valence-electron chi connectivity index (χ2n) is 5.52. The monoisotopic (exact) mass is 314 g/mol. The van der Waals surface area contributed by atoms with Gasteiger partial charge in [0.05, 0.1) is 0 Å². The van der Waals surface area contributed by atoms with Gasteiger partial charge in [-0.2, -0.15) is 4.52 Å². The first kappa shape index (κ1) is 15.0. The van der Waals surface area contributed by atoms with Crippen LogP contribution in [0, 0.1) is 6.92 Å². The number of nitrogens with zero attached hydrogens (tertiary/aromatic N) is 5. The van der Waals surface area contributed by atoms with Crippen LogP contribution in [0.25, 0.3) is 11.3 Å². The minimum atomic E-state index is -0.182. The molecule has 0 aromatic carbocycles. The molecule has 0 unspecified atom stereocenters. The zero-order valence-corrected chi connectivity index (χ0v) is 13.5. The maximum atomic E-state index is 12.4. The van der Waals surface area contributed by atoms with Crippen molar-refractivity contribution in [3.63, 3.8) is 0 Å². The van der Waals surface area contributed by atoms with Crippen molar-refractivity contribution in [3.05, 3.63) is 46.0 Å². The number of hydrogen-bond acceptors (Lipinski definition) is 4. The molecule has 0 aliphatic heterocycles. The number of aromatic amines is 1. The molecule has 120 valence electrons. The molecule has 0 saturated heterocycles. The van der Waals surface area contributed by atoms with Crippen LogP contribution < -0.4 is 5.56 Å². The Kier molecular flexibility index (Phi) is 3.51. The van der Waals surface area contributed by atoms with Crippen molar-refractivity contribution in [3.8, 4) is 5.69 Å². The summed E-state index contributed by atoms with van der Waals surface area (Å²) in [5.74, 6) is -0.182. The summed E-state index contributed by atoms with van der Waals surface area (Å²) in [7, 11) is 3.34. The van der Waals surface area contributed by atoms with Gasteiger partial charge in [-0.05, 0) is 13.3 Å². The van der Waals surface area contributed by atoms with E-state index in [0.717, 1.165) is 0 Å². The lowest BCUT2D eigenvalue weighted by Crippen LogP contribution is -2.22. The Labute approximate surface area is 132 Å². The van der Waals surface area contributed by atoms with E-state index in [1.54, 1.807) is 31.1 Å². The van der Waals surface area contributed by atoms with Gasteiger partial charge in [0.2, 0.25) is 0 Å². The minimum Gasteiger partial charge on any atom is -0.343 e. The summed E-state index contributed by atoms with van der Waals surface area (Å²) in [6, 6.07) is 0. The van der Waals surface area contributed by atoms with Gasteiger partial charge in [-0.25, -0.2) is 9.97 Å². The van der Waals surface area contributed by atoms with E-state index in [9.17, 15) is 9.59 Å². The predicted octanol–water partition coefficient (Wildman–Crippen LogP) is 0.781. The summed E-state index contributed by atoms with van der Waals surface area (Å²) in [4.78, 5) is 34.5. The zero-order valence-electron chi connectivity index (χ0n) is 13.5. The van der Waals surface area contributed by atoms with E-state index < -0.39 is 0 Å². The Hall–Kier alpha value is -2.90. The lowest BCUT2D eigenvalue weighted by atomic mass is 10.2. The molecule has 23 heavy (non-hydrogen) atoms. The molecule has 3 heterocycles. The highest BCUT2D eigenvalue weighted by molar-refractivity contribution is 5.91. The van der Waals surface area contributed by atoms with Crippen LogP contribution in [0.5, 0.6) is 0 Å². The van der Waals surface area contributed by atoms with Gasteiger partial charge in [-0.15, -0.1) is 0 Å². The van der Waals surface area contributed by atoms with Crippen LogP contribution in [0.3, 0.4) is 0 Å². The van der Waals surface area contributed by atoms with Crippen LogP contribution in [-0.2, 0) is 6.42 Å². The van der Waals surface area contributed by atoms with E-state index in [1.807, 2.05) is 13.8 Å². The number of aryl methyl sites for hydroxylation is 1. The highest BCUT2D eigenvalue weighted by Gasteiger charge is 2.16. The van der Waals surface area contributed by atoms with E-state index in [0.29, 0.717) is 34.7 Å². The van der Waals surface area contributed by atoms with Gasteiger partial charge in [0, 0.05) is 37.7 Å². The van der Waals surface area contributed by atoms with Crippen LogP contribution in [0.2, 0.25) is 0 Å². The number of amides is 1. The van der Waals surface area contributed by atoms with E-state index >= 15 is 0 Å². The summed E-state index contributed by atoms with van der Waals surface area (Å²) in [5.41, 5.74) is 2.79. The summed E-state index contributed by atoms with van der Waals surface area (Å²) >= 11 is 0. The average molecular weight is 314 g/mol.